The van der Waals surface area contributed by atoms with E-state index in [4.69, 9.17) is 0 Å². The number of carbonyl (C=O) groups excluding carboxylic acids is 1. The van der Waals surface area contributed by atoms with Crippen molar-refractivity contribution in [3.05, 3.63) is 64.1 Å². The fourth-order valence-electron chi connectivity index (χ4n) is 3.00. The maximum Gasteiger partial charge on any atom is 0.326 e. The molecule has 7 nitrogen and oxygen atoms in total. The minimum atomic E-state index is -0.181. The quantitative estimate of drug-likeness (QED) is 0.696. The number of nitrogens with one attached hydrogen (secondary N) is 1. The van der Waals surface area contributed by atoms with E-state index >= 15 is 0 Å². The normalized spacial score (nSPS) is 11.3. The number of benzene rings is 2. The highest BCUT2D eigenvalue weighted by atomic mass is 16.3. The second-order valence-corrected chi connectivity index (χ2v) is 6.91. The average Bonchev–Trinajstić information content (AvgIpc) is 2.95. The van der Waals surface area contributed by atoms with Gasteiger partial charge in [0.1, 0.15) is 5.75 Å². The first-order chi connectivity index (χ1) is 12.9. The van der Waals surface area contributed by atoms with Crippen molar-refractivity contribution in [1.29, 1.82) is 0 Å². The highest BCUT2D eigenvalue weighted by Crippen LogP contribution is 2.19. The molecule has 27 heavy (non-hydrogen) atoms. The van der Waals surface area contributed by atoms with Crippen LogP contribution in [0, 0.1) is 0 Å². The number of hydrogen-bond acceptors (Lipinski definition) is 4. The summed E-state index contributed by atoms with van der Waals surface area (Å²) in [6.45, 7) is 1.56. The van der Waals surface area contributed by atoms with Crippen molar-refractivity contribution in [2.45, 2.75) is 13.1 Å². The number of H-pyrrole nitrogens is 1. The molecule has 2 aromatic carbocycles. The van der Waals surface area contributed by atoms with Crippen LogP contribution in [-0.4, -0.2) is 58.1 Å². The zero-order valence-corrected chi connectivity index (χ0v) is 15.8. The van der Waals surface area contributed by atoms with E-state index in [1.54, 1.807) is 52.9 Å². The Morgan fingerprint density at radius 3 is 2.59 bits per heavy atom. The van der Waals surface area contributed by atoms with Gasteiger partial charge in [0, 0.05) is 37.8 Å². The molecule has 1 aromatic heterocycles. The van der Waals surface area contributed by atoms with E-state index in [-0.39, 0.29) is 17.3 Å². The Morgan fingerprint density at radius 1 is 1.15 bits per heavy atom. The Bertz CT molecular complexity index is 1020. The van der Waals surface area contributed by atoms with Crippen LogP contribution in [0.4, 0.5) is 0 Å². The van der Waals surface area contributed by atoms with E-state index in [9.17, 15) is 14.7 Å². The van der Waals surface area contributed by atoms with Crippen LogP contribution in [-0.2, 0) is 13.1 Å². The molecule has 0 radical (unpaired) electrons. The van der Waals surface area contributed by atoms with Crippen molar-refractivity contribution >= 4 is 16.9 Å². The van der Waals surface area contributed by atoms with Crippen LogP contribution in [0.1, 0.15) is 15.9 Å². The Balaban J connectivity index is 1.87. The molecule has 7 heteroatoms. The highest BCUT2D eigenvalue weighted by Gasteiger charge is 2.16. The van der Waals surface area contributed by atoms with Crippen molar-refractivity contribution < 1.29 is 9.90 Å². The van der Waals surface area contributed by atoms with Crippen LogP contribution < -0.4 is 5.69 Å². The number of hydrogen-bond donors (Lipinski definition) is 2. The number of phenolic OH excluding ortho intramolecular Hbond substituents is 1. The van der Waals surface area contributed by atoms with E-state index < -0.39 is 0 Å². The molecule has 0 aliphatic heterocycles. The number of rotatable bonds is 6. The molecule has 0 unspecified atom stereocenters. The number of fused-ring (bicyclic) bond motifs is 1. The molecule has 0 fully saturated rings. The molecular weight excluding hydrogens is 344 g/mol. The number of aromatic hydroxyl groups is 1. The van der Waals surface area contributed by atoms with Gasteiger partial charge in [0.25, 0.3) is 5.91 Å². The lowest BCUT2D eigenvalue weighted by molar-refractivity contribution is 0.0784. The van der Waals surface area contributed by atoms with Crippen molar-refractivity contribution in [1.82, 2.24) is 19.4 Å². The molecule has 0 aliphatic carbocycles. The van der Waals surface area contributed by atoms with Gasteiger partial charge in [0.2, 0.25) is 0 Å². The van der Waals surface area contributed by atoms with Gasteiger partial charge in [-0.2, -0.15) is 0 Å². The number of aromatic nitrogens is 2. The number of carbonyl (C=O) groups is 1. The number of imidazole rings is 1. The second kappa shape index (κ2) is 7.67. The molecule has 2 N–H and O–H groups in total. The first-order valence-corrected chi connectivity index (χ1v) is 8.76. The van der Waals surface area contributed by atoms with Crippen molar-refractivity contribution in [3.8, 4) is 5.75 Å². The Labute approximate surface area is 157 Å². The van der Waals surface area contributed by atoms with Crippen LogP contribution in [0.15, 0.2) is 47.3 Å². The SMILES string of the molecule is CN(C)CCn1c(=O)[nH]c2ccc(C(=O)N(C)Cc3ccccc3O)cc21. The molecule has 0 aliphatic rings. The maximum absolute atomic E-state index is 12.8. The monoisotopic (exact) mass is 368 g/mol. The van der Waals surface area contributed by atoms with Gasteiger partial charge in [-0.25, -0.2) is 4.79 Å². The standard InChI is InChI=1S/C20H24N4O3/c1-22(2)10-11-24-17-12-14(8-9-16(17)21-20(24)27)19(26)23(3)13-15-6-4-5-7-18(15)25/h4-9,12,25H,10-11,13H2,1-3H3,(H,21,27). The van der Waals surface area contributed by atoms with E-state index in [0.717, 1.165) is 6.54 Å². The largest absolute Gasteiger partial charge is 0.508 e. The first-order valence-electron chi connectivity index (χ1n) is 8.76. The van der Waals surface area contributed by atoms with Crippen LogP contribution in [0.2, 0.25) is 0 Å². The number of phenols is 1. The summed E-state index contributed by atoms with van der Waals surface area (Å²) < 4.78 is 1.65. The molecule has 1 heterocycles. The lowest BCUT2D eigenvalue weighted by atomic mass is 10.1. The Morgan fingerprint density at radius 2 is 1.89 bits per heavy atom. The Kier molecular flexibility index (Phi) is 5.32. The summed E-state index contributed by atoms with van der Waals surface area (Å²) >= 11 is 0. The van der Waals surface area contributed by atoms with E-state index in [0.29, 0.717) is 35.2 Å². The number of nitrogens with zero attached hydrogens (tertiary/aromatic N) is 3. The van der Waals surface area contributed by atoms with Gasteiger partial charge in [-0.1, -0.05) is 18.2 Å². The third-order valence-corrected chi connectivity index (χ3v) is 4.54. The minimum absolute atomic E-state index is 0.163. The van der Waals surface area contributed by atoms with Gasteiger partial charge in [-0.15, -0.1) is 0 Å². The van der Waals surface area contributed by atoms with Crippen LogP contribution in [0.5, 0.6) is 5.75 Å². The van der Waals surface area contributed by atoms with Gasteiger partial charge in [-0.3, -0.25) is 9.36 Å². The summed E-state index contributed by atoms with van der Waals surface area (Å²) in [5, 5.41) is 9.91. The lowest BCUT2D eigenvalue weighted by Crippen LogP contribution is -2.26. The molecule has 3 rings (SSSR count). The summed E-state index contributed by atoms with van der Waals surface area (Å²) in [5.41, 5.74) is 2.42. The van der Waals surface area contributed by atoms with Crippen molar-refractivity contribution in [3.63, 3.8) is 0 Å². The van der Waals surface area contributed by atoms with Crippen molar-refractivity contribution in [2.24, 2.45) is 0 Å². The molecular formula is C20H24N4O3. The van der Waals surface area contributed by atoms with E-state index in [1.807, 2.05) is 25.1 Å². The van der Waals surface area contributed by atoms with Crippen LogP contribution >= 0.6 is 0 Å². The fraction of sp³-hybridized carbons (Fsp3) is 0.300. The number of likely N-dealkylation sites (N-methyl/N-ethyl adjacent to an activating group) is 1. The number of aromatic amines is 1. The third-order valence-electron chi connectivity index (χ3n) is 4.54. The van der Waals surface area contributed by atoms with E-state index in [1.165, 1.54) is 0 Å². The summed E-state index contributed by atoms with van der Waals surface area (Å²) in [6.07, 6.45) is 0. The maximum atomic E-state index is 12.8. The van der Waals surface area contributed by atoms with Gasteiger partial charge < -0.3 is 19.9 Å². The third kappa shape index (κ3) is 4.03. The molecule has 142 valence electrons. The minimum Gasteiger partial charge on any atom is -0.508 e. The predicted octanol–water partition coefficient (Wildman–Crippen LogP) is 1.87. The predicted molar refractivity (Wildman–Crippen MR) is 105 cm³/mol. The zero-order chi connectivity index (χ0) is 19.6. The average molecular weight is 368 g/mol. The molecule has 0 atom stereocenters. The topological polar surface area (TPSA) is 81.6 Å². The summed E-state index contributed by atoms with van der Waals surface area (Å²) in [5.74, 6) is -0.0104. The molecule has 1 amide bonds. The molecule has 0 saturated carbocycles. The second-order valence-electron chi connectivity index (χ2n) is 6.91. The van der Waals surface area contributed by atoms with Gasteiger partial charge >= 0.3 is 5.69 Å². The van der Waals surface area contributed by atoms with E-state index in [2.05, 4.69) is 4.98 Å². The van der Waals surface area contributed by atoms with Gasteiger partial charge in [0.15, 0.2) is 0 Å². The highest BCUT2D eigenvalue weighted by molar-refractivity contribution is 5.97. The summed E-state index contributed by atoms with van der Waals surface area (Å²) in [7, 11) is 5.58. The molecule has 0 spiro atoms. The summed E-state index contributed by atoms with van der Waals surface area (Å²) in [4.78, 5) is 31.4. The van der Waals surface area contributed by atoms with Crippen molar-refractivity contribution in [2.75, 3.05) is 27.7 Å². The zero-order valence-electron chi connectivity index (χ0n) is 15.8. The number of amides is 1. The summed E-state index contributed by atoms with van der Waals surface area (Å²) in [6, 6.07) is 12.2. The molecule has 3 aromatic rings. The van der Waals surface area contributed by atoms with Gasteiger partial charge in [-0.05, 0) is 38.4 Å². The van der Waals surface area contributed by atoms with Gasteiger partial charge in [0.05, 0.1) is 11.0 Å². The molecule has 0 saturated heterocycles. The fourth-order valence-corrected chi connectivity index (χ4v) is 3.00. The van der Waals surface area contributed by atoms with Crippen LogP contribution in [0.3, 0.4) is 0 Å². The number of para-hydroxylation sites is 1. The van der Waals surface area contributed by atoms with Crippen LogP contribution in [0.25, 0.3) is 11.0 Å². The first kappa shape index (κ1) is 18.7. The smallest absolute Gasteiger partial charge is 0.326 e. The Hall–Kier alpha value is -3.06. The molecule has 0 bridgehead atoms. The lowest BCUT2D eigenvalue weighted by Gasteiger charge is -2.18.